The van der Waals surface area contributed by atoms with Gasteiger partial charge in [-0.05, 0) is 6.42 Å². The first-order valence-corrected chi connectivity index (χ1v) is 8.99. The van der Waals surface area contributed by atoms with Crippen LogP contribution in [-0.2, 0) is 24.2 Å². The molecule has 1 unspecified atom stereocenters. The Bertz CT molecular complexity index is 478. The SMILES string of the molecule is CCC1=[C-]C(C2=CC=CC2)C(CC)=C1CC.C[C](C)=[Zr+2].[Cl-].[Cl-]. The molecule has 0 amide bonds. The topological polar surface area (TPSA) is 0 Å². The van der Waals surface area contributed by atoms with Gasteiger partial charge in [0.05, 0.1) is 0 Å². The van der Waals surface area contributed by atoms with Gasteiger partial charge in [-0.25, -0.2) is 5.57 Å². The van der Waals surface area contributed by atoms with Crippen molar-refractivity contribution in [2.45, 2.75) is 60.3 Å². The van der Waals surface area contributed by atoms with Gasteiger partial charge in [0.25, 0.3) is 0 Å². The van der Waals surface area contributed by atoms with Gasteiger partial charge in [0.15, 0.2) is 0 Å². The molecule has 0 spiro atoms. The van der Waals surface area contributed by atoms with E-state index in [4.69, 9.17) is 0 Å². The average molecular weight is 418 g/mol. The summed E-state index contributed by atoms with van der Waals surface area (Å²) < 4.78 is 1.51. The molecule has 22 heavy (non-hydrogen) atoms. The van der Waals surface area contributed by atoms with Gasteiger partial charge in [0.2, 0.25) is 0 Å². The van der Waals surface area contributed by atoms with Crippen LogP contribution in [-0.4, -0.2) is 3.21 Å². The van der Waals surface area contributed by atoms with Crippen molar-refractivity contribution in [3.63, 3.8) is 0 Å². The second-order valence-corrected chi connectivity index (χ2v) is 7.95. The Labute approximate surface area is 164 Å². The van der Waals surface area contributed by atoms with Gasteiger partial charge in [0.1, 0.15) is 0 Å². The van der Waals surface area contributed by atoms with Crippen LogP contribution >= 0.6 is 0 Å². The fourth-order valence-corrected chi connectivity index (χ4v) is 2.88. The molecule has 0 bridgehead atoms. The van der Waals surface area contributed by atoms with E-state index in [0.717, 1.165) is 19.3 Å². The zero-order chi connectivity index (χ0) is 15.1. The molecule has 0 nitrogen and oxygen atoms in total. The molecule has 1 atom stereocenters. The molecule has 0 aromatic carbocycles. The van der Waals surface area contributed by atoms with Gasteiger partial charge >= 0.3 is 41.3 Å². The van der Waals surface area contributed by atoms with Gasteiger partial charge < -0.3 is 24.8 Å². The Balaban J connectivity index is 0. The summed E-state index contributed by atoms with van der Waals surface area (Å²) in [6.45, 7) is 11.0. The van der Waals surface area contributed by atoms with Crippen molar-refractivity contribution in [3.05, 3.63) is 46.6 Å². The molecule has 0 aromatic rings. The fraction of sp³-hybridized carbons (Fsp3) is 0.526. The third-order valence-corrected chi connectivity index (χ3v) is 3.68. The van der Waals surface area contributed by atoms with Crippen LogP contribution in [0.2, 0.25) is 0 Å². The molecule has 0 saturated carbocycles. The molecule has 0 aliphatic heterocycles. The van der Waals surface area contributed by atoms with Crippen molar-refractivity contribution in [2.75, 3.05) is 0 Å². The smallest absolute Gasteiger partial charge is 1.00 e. The number of rotatable bonds is 4. The summed E-state index contributed by atoms with van der Waals surface area (Å²) in [5, 5.41) is 0. The molecule has 2 rings (SSSR count). The summed E-state index contributed by atoms with van der Waals surface area (Å²) in [5.41, 5.74) is 6.21. The largest absolute Gasteiger partial charge is 1.00 e. The molecule has 2 aliphatic carbocycles. The summed E-state index contributed by atoms with van der Waals surface area (Å²) in [5.74, 6) is 0.491. The first-order chi connectivity index (χ1) is 9.54. The standard InChI is InChI=1S/C16H21.C3H6.2ClH.Zr/c1-4-12-11-16(13-9-7-8-10-13)15(6-3)14(12)5-2;1-3-2;;;/h7-9,16H,4-6,10H2,1-3H3;1-2H3;2*1H;/q-1;;;;+2/p-2. The number of hydrogen-bond acceptors (Lipinski definition) is 0. The van der Waals surface area contributed by atoms with Crippen molar-refractivity contribution in [3.8, 4) is 0 Å². The van der Waals surface area contributed by atoms with Crippen molar-refractivity contribution < 1.29 is 49.0 Å². The van der Waals surface area contributed by atoms with Gasteiger partial charge in [-0.1, -0.05) is 69.8 Å². The molecule has 2 aliphatic rings. The van der Waals surface area contributed by atoms with E-state index in [1.54, 1.807) is 35.4 Å². The molecule has 3 heteroatoms. The van der Waals surface area contributed by atoms with E-state index in [9.17, 15) is 0 Å². The molecule has 0 saturated heterocycles. The van der Waals surface area contributed by atoms with E-state index in [0.29, 0.717) is 5.92 Å². The molecule has 0 fully saturated rings. The molecule has 122 valence electrons. The Morgan fingerprint density at radius 1 is 1.14 bits per heavy atom. The molecule has 0 N–H and O–H groups in total. The van der Waals surface area contributed by atoms with E-state index in [-0.39, 0.29) is 24.8 Å². The second-order valence-electron chi connectivity index (χ2n) is 5.49. The number of halogens is 2. The Morgan fingerprint density at radius 2 is 1.73 bits per heavy atom. The second kappa shape index (κ2) is 12.7. The van der Waals surface area contributed by atoms with E-state index in [1.165, 1.54) is 20.8 Å². The summed E-state index contributed by atoms with van der Waals surface area (Å²) in [6.07, 6.45) is 15.0. The minimum absolute atomic E-state index is 0. The number of hydrogen-bond donors (Lipinski definition) is 0. The zero-order valence-electron chi connectivity index (χ0n) is 14.4. The fourth-order valence-electron chi connectivity index (χ4n) is 2.88. The molecule has 0 aromatic heterocycles. The minimum Gasteiger partial charge on any atom is -1.00 e. The zero-order valence-corrected chi connectivity index (χ0v) is 18.4. The van der Waals surface area contributed by atoms with Crippen molar-refractivity contribution in [1.82, 2.24) is 0 Å². The summed E-state index contributed by atoms with van der Waals surface area (Å²) in [7, 11) is 0. The van der Waals surface area contributed by atoms with Gasteiger partial charge in [0, 0.05) is 0 Å². The predicted octanol–water partition coefficient (Wildman–Crippen LogP) is -0.488. The van der Waals surface area contributed by atoms with Gasteiger partial charge in [-0.3, -0.25) is 6.08 Å². The Morgan fingerprint density at radius 3 is 2.09 bits per heavy atom. The van der Waals surface area contributed by atoms with Crippen LogP contribution < -0.4 is 24.8 Å². The van der Waals surface area contributed by atoms with Crippen LogP contribution in [0.4, 0.5) is 0 Å². The summed E-state index contributed by atoms with van der Waals surface area (Å²) in [6, 6.07) is 0. The average Bonchev–Trinajstić information content (AvgIpc) is 3.03. The first-order valence-electron chi connectivity index (χ1n) is 7.77. The van der Waals surface area contributed by atoms with Gasteiger partial charge in [-0.15, -0.1) is 0 Å². The maximum Gasteiger partial charge on any atom is -1.00 e. The van der Waals surface area contributed by atoms with E-state index in [2.05, 4.69) is 58.9 Å². The monoisotopic (exact) mass is 415 g/mol. The normalized spacial score (nSPS) is 18.8. The van der Waals surface area contributed by atoms with E-state index in [1.807, 2.05) is 0 Å². The van der Waals surface area contributed by atoms with Crippen LogP contribution in [0, 0.1) is 12.0 Å². The quantitative estimate of drug-likeness (QED) is 0.542. The van der Waals surface area contributed by atoms with Crippen molar-refractivity contribution in [2.24, 2.45) is 5.92 Å². The number of allylic oxidation sites excluding steroid dienone is 8. The molecular formula is C19H27Cl2Zr-. The van der Waals surface area contributed by atoms with Crippen LogP contribution in [0.3, 0.4) is 0 Å². The Hall–Kier alpha value is 0.293. The van der Waals surface area contributed by atoms with E-state index < -0.39 is 0 Å². The van der Waals surface area contributed by atoms with Crippen molar-refractivity contribution >= 4 is 3.21 Å². The molecular weight excluding hydrogens is 390 g/mol. The predicted molar refractivity (Wildman–Crippen MR) is 86.3 cm³/mol. The maximum atomic E-state index is 3.72. The van der Waals surface area contributed by atoms with Gasteiger partial charge in [-0.2, -0.15) is 11.1 Å². The maximum absolute atomic E-state index is 3.72. The third-order valence-electron chi connectivity index (χ3n) is 3.68. The summed E-state index contributed by atoms with van der Waals surface area (Å²) in [4.78, 5) is 0. The third kappa shape index (κ3) is 6.81. The van der Waals surface area contributed by atoms with Crippen LogP contribution in [0.25, 0.3) is 0 Å². The van der Waals surface area contributed by atoms with Crippen LogP contribution in [0.1, 0.15) is 60.3 Å². The molecule has 0 radical (unpaired) electrons. The minimum atomic E-state index is 0. The summed E-state index contributed by atoms with van der Waals surface area (Å²) >= 11 is 1.55. The first kappa shape index (κ1) is 24.5. The van der Waals surface area contributed by atoms with Crippen molar-refractivity contribution in [1.29, 1.82) is 0 Å². The Kier molecular flexibility index (Phi) is 14.2. The van der Waals surface area contributed by atoms with E-state index >= 15 is 0 Å². The van der Waals surface area contributed by atoms with Crippen LogP contribution in [0.15, 0.2) is 40.5 Å². The van der Waals surface area contributed by atoms with Crippen LogP contribution in [0.5, 0.6) is 0 Å². The molecule has 0 heterocycles.